The van der Waals surface area contributed by atoms with Crippen molar-refractivity contribution >= 4 is 48.5 Å². The largest absolute Gasteiger partial charge is 1.00 e. The second-order valence-electron chi connectivity index (χ2n) is 14.4. The Balaban J connectivity index is 0.000000209. The third-order valence-corrected chi connectivity index (χ3v) is 9.83. The van der Waals surface area contributed by atoms with E-state index in [1.807, 2.05) is 0 Å². The van der Waals surface area contributed by atoms with Crippen molar-refractivity contribution in [2.24, 2.45) is 0 Å². The van der Waals surface area contributed by atoms with Gasteiger partial charge in [-0.2, -0.15) is 12.1 Å². The normalized spacial score (nSPS) is 10.7. The summed E-state index contributed by atoms with van der Waals surface area (Å²) in [6.07, 6.45) is 5.07. The van der Waals surface area contributed by atoms with E-state index >= 15 is 0 Å². The van der Waals surface area contributed by atoms with Crippen molar-refractivity contribution in [2.45, 2.75) is 72.4 Å². The quantitative estimate of drug-likeness (QED) is 0.0858. The minimum absolute atomic E-state index is 0. The Morgan fingerprint density at radius 1 is 0.585 bits per heavy atom. The van der Waals surface area contributed by atoms with Crippen molar-refractivity contribution in [3.05, 3.63) is 156 Å². The number of aryl methyl sites for hydroxylation is 2. The molecule has 0 aliphatic heterocycles. The molecule has 8 rings (SSSR count). The van der Waals surface area contributed by atoms with Crippen LogP contribution in [0.1, 0.15) is 62.6 Å². The van der Waals surface area contributed by atoms with E-state index in [-0.39, 0.29) is 30.2 Å². The molecule has 0 bridgehead atoms. The molecule has 0 aliphatic carbocycles. The first-order chi connectivity index (χ1) is 24.7. The van der Waals surface area contributed by atoms with Crippen molar-refractivity contribution in [2.75, 3.05) is 0 Å². The Morgan fingerprint density at radius 2 is 1.09 bits per heavy atom. The van der Waals surface area contributed by atoms with Crippen LogP contribution in [-0.2, 0) is 29.8 Å². The number of hydrogen-bond donors (Lipinski definition) is 0. The van der Waals surface area contributed by atoms with Gasteiger partial charge in [-0.25, -0.2) is 0 Å². The zero-order valence-electron chi connectivity index (χ0n) is 31.9. The third kappa shape index (κ3) is 10.1. The molecule has 270 valence electrons. The Morgan fingerprint density at radius 3 is 1.66 bits per heavy atom. The summed E-state index contributed by atoms with van der Waals surface area (Å²) in [5.74, 6) is 0.563. The van der Waals surface area contributed by atoms with Gasteiger partial charge in [-0.05, 0) is 45.0 Å². The van der Waals surface area contributed by atoms with Crippen molar-refractivity contribution < 1.29 is 48.1 Å². The number of rotatable bonds is 7. The van der Waals surface area contributed by atoms with Gasteiger partial charge in [-0.3, -0.25) is 0 Å². The first kappa shape index (κ1) is 42.5. The van der Waals surface area contributed by atoms with Gasteiger partial charge in [-0.1, -0.05) is 155 Å². The van der Waals surface area contributed by atoms with E-state index in [0.717, 1.165) is 0 Å². The maximum absolute atomic E-state index is 2.43. The van der Waals surface area contributed by atoms with Crippen LogP contribution in [0.25, 0.3) is 65.3 Å². The first-order valence-electron chi connectivity index (χ1n) is 18.6. The summed E-state index contributed by atoms with van der Waals surface area (Å²) in [4.78, 5) is 0. The maximum atomic E-state index is 2.43. The van der Waals surface area contributed by atoms with E-state index < -0.39 is 0 Å². The summed E-state index contributed by atoms with van der Waals surface area (Å²) in [7, 11) is 0. The molecule has 0 N–H and O–H groups in total. The van der Waals surface area contributed by atoms with Crippen molar-refractivity contribution in [1.82, 2.24) is 0 Å². The smallest absolute Gasteiger partial charge is 1.00 e. The molecule has 0 fully saturated rings. The zero-order valence-corrected chi connectivity index (χ0v) is 36.9. The molecule has 0 nitrogen and oxygen atoms in total. The molecule has 8 aromatic carbocycles. The molecule has 53 heavy (non-hydrogen) atoms. The average Bonchev–Trinajstić information content (AvgIpc) is 3.78. The van der Waals surface area contributed by atoms with Crippen LogP contribution in [-0.4, -0.2) is 5.43 Å². The molecular formula is C49H50Cl2SiZr-2. The van der Waals surface area contributed by atoms with Crippen LogP contribution in [0.15, 0.2) is 140 Å². The molecule has 0 amide bonds. The molecule has 4 heteroatoms. The van der Waals surface area contributed by atoms with Gasteiger partial charge in [0.2, 0.25) is 0 Å². The van der Waals surface area contributed by atoms with Crippen molar-refractivity contribution in [3.8, 4) is 22.3 Å². The van der Waals surface area contributed by atoms with Crippen LogP contribution in [0.2, 0.25) is 13.1 Å². The molecule has 0 heterocycles. The van der Waals surface area contributed by atoms with E-state index in [1.165, 1.54) is 108 Å². The molecule has 0 atom stereocenters. The summed E-state index contributed by atoms with van der Waals surface area (Å²) in [5.41, 5.74) is 9.85. The van der Waals surface area contributed by atoms with Crippen LogP contribution in [0, 0.1) is 6.92 Å². The molecular weight excluding hydrogens is 779 g/mol. The third-order valence-electron chi connectivity index (χ3n) is 9.83. The predicted molar refractivity (Wildman–Crippen MR) is 225 cm³/mol. The van der Waals surface area contributed by atoms with Gasteiger partial charge in [0.15, 0.2) is 0 Å². The standard InChI is InChI=1S/C25H25.C22H19.C2H6Si.2ClH.Zr/c1-3-4-5-9-19-16-24-18(2)14-15-23(25(24)17-19)22-13-8-11-20-10-6-7-12-21(20)22;1-15(2)18-13-17-9-6-12-21(22(17)14-18)20-11-5-8-16-7-3-4-10-19(16)20;1-3-2;;;/h6-8,10-17H,3-5,9H2,1-2H3;3-15H,1-2H3;1-2H3;2*1H;/q2*-1;;;;+2/p-2. The van der Waals surface area contributed by atoms with Gasteiger partial charge in [-0.15, -0.1) is 68.6 Å². The van der Waals surface area contributed by atoms with Gasteiger partial charge in [0.1, 0.15) is 0 Å². The van der Waals surface area contributed by atoms with E-state index in [2.05, 4.69) is 180 Å². The molecule has 8 aromatic rings. The Kier molecular flexibility index (Phi) is 15.9. The fraction of sp³-hybridized carbons (Fsp3) is 0.224. The first-order valence-corrected chi connectivity index (χ1v) is 24.8. The number of fused-ring (bicyclic) bond motifs is 4. The average molecular weight is 829 g/mol. The van der Waals surface area contributed by atoms with Crippen LogP contribution in [0.5, 0.6) is 0 Å². The van der Waals surface area contributed by atoms with Crippen LogP contribution in [0.4, 0.5) is 0 Å². The number of unbranched alkanes of at least 4 members (excludes halogenated alkanes) is 2. The monoisotopic (exact) mass is 826 g/mol. The van der Waals surface area contributed by atoms with Gasteiger partial charge >= 0.3 is 41.9 Å². The van der Waals surface area contributed by atoms with E-state index in [9.17, 15) is 0 Å². The minimum atomic E-state index is 0. The summed E-state index contributed by atoms with van der Waals surface area (Å²) < 4.78 is 0. The fourth-order valence-electron chi connectivity index (χ4n) is 7.21. The molecule has 0 aromatic heterocycles. The number of halogens is 2. The molecule has 0 radical (unpaired) electrons. The van der Waals surface area contributed by atoms with Crippen LogP contribution < -0.4 is 24.8 Å². The van der Waals surface area contributed by atoms with Crippen molar-refractivity contribution in [3.63, 3.8) is 0 Å². The molecule has 0 saturated heterocycles. The number of hydrogen-bond acceptors (Lipinski definition) is 0. The van der Waals surface area contributed by atoms with Gasteiger partial charge in [0, 0.05) is 0 Å². The topological polar surface area (TPSA) is 0 Å². The predicted octanol–water partition coefficient (Wildman–Crippen LogP) is 8.71. The van der Waals surface area contributed by atoms with E-state index in [4.69, 9.17) is 0 Å². The molecule has 0 unspecified atom stereocenters. The summed E-state index contributed by atoms with van der Waals surface area (Å²) in [5, 5.41) is 10.8. The Hall–Kier alpha value is -3.26. The second-order valence-corrected chi connectivity index (χ2v) is 23.8. The Labute approximate surface area is 345 Å². The van der Waals surface area contributed by atoms with E-state index in [0.29, 0.717) is 5.92 Å². The van der Waals surface area contributed by atoms with Crippen molar-refractivity contribution in [1.29, 1.82) is 0 Å². The summed E-state index contributed by atoms with van der Waals surface area (Å²) in [6, 6.07) is 51.3. The summed E-state index contributed by atoms with van der Waals surface area (Å²) in [6.45, 7) is 13.6. The molecule has 0 aliphatic rings. The maximum Gasteiger partial charge on any atom is -1.00 e. The SMILES string of the molecule is CC(C)c1cc2c(-c3cccc4ccccc34)cccc2[cH-]1.CCCCCc1cc2c(-c3cccc4ccccc34)ccc(C)c2[cH-]1.C[Si](C)=[Zr+2].[Cl-].[Cl-]. The molecule has 0 saturated carbocycles. The fourth-order valence-corrected chi connectivity index (χ4v) is 7.21. The van der Waals surface area contributed by atoms with E-state index in [1.54, 1.807) is 23.3 Å². The van der Waals surface area contributed by atoms with Gasteiger partial charge < -0.3 is 24.8 Å². The minimum Gasteiger partial charge on any atom is -1.00 e. The van der Waals surface area contributed by atoms with Crippen LogP contribution in [0.3, 0.4) is 0 Å². The second kappa shape index (κ2) is 19.9. The number of benzene rings is 6. The molecule has 0 spiro atoms. The summed E-state index contributed by atoms with van der Waals surface area (Å²) >= 11 is 1.74. The van der Waals surface area contributed by atoms with Gasteiger partial charge in [0.05, 0.1) is 0 Å². The Bertz CT molecular complexity index is 2420. The zero-order chi connectivity index (χ0) is 35.9. The van der Waals surface area contributed by atoms with Gasteiger partial charge in [0.25, 0.3) is 0 Å². The van der Waals surface area contributed by atoms with Crippen LogP contribution >= 0.6 is 0 Å².